The molecule has 1 aliphatic heterocycles. The van der Waals surface area contributed by atoms with Crippen LogP contribution in [0.5, 0.6) is 0 Å². The first-order chi connectivity index (χ1) is 10.4. The lowest BCUT2D eigenvalue weighted by Gasteiger charge is -2.24. The number of aliphatic imine (C=N–C) groups is 1. The van der Waals surface area contributed by atoms with Gasteiger partial charge in [-0.25, -0.2) is 0 Å². The molecule has 3 heteroatoms. The molecule has 0 fully saturated rings. The number of nitrogens with one attached hydrogen (secondary N) is 1. The second kappa shape index (κ2) is 4.94. The van der Waals surface area contributed by atoms with E-state index in [1.54, 1.807) is 6.26 Å². The summed E-state index contributed by atoms with van der Waals surface area (Å²) in [6, 6.07) is 22.3. The van der Waals surface area contributed by atoms with Crippen molar-refractivity contribution in [2.45, 2.75) is 6.17 Å². The lowest BCUT2D eigenvalue weighted by atomic mass is 9.98. The van der Waals surface area contributed by atoms with Crippen molar-refractivity contribution in [1.29, 1.82) is 0 Å². The number of nitrogens with zero attached hydrogens (tertiary/aromatic N) is 1. The topological polar surface area (TPSA) is 37.5 Å². The fraction of sp³-hybridized carbons (Fsp3) is 0.0556. The molecule has 0 bridgehead atoms. The highest BCUT2D eigenvalue weighted by Gasteiger charge is 2.23. The summed E-state index contributed by atoms with van der Waals surface area (Å²) in [7, 11) is 0. The maximum absolute atomic E-state index is 5.50. The molecule has 0 saturated carbocycles. The zero-order valence-corrected chi connectivity index (χ0v) is 11.4. The molecule has 2 heterocycles. The Kier molecular flexibility index (Phi) is 2.82. The number of hydrogen-bond acceptors (Lipinski definition) is 3. The number of hydrogen-bond donors (Lipinski definition) is 1. The Hall–Kier alpha value is -2.81. The molecule has 1 unspecified atom stereocenters. The third kappa shape index (κ3) is 2.13. The summed E-state index contributed by atoms with van der Waals surface area (Å²) in [5.74, 6) is 0.818. The van der Waals surface area contributed by atoms with Crippen LogP contribution < -0.4 is 5.32 Å². The molecule has 2 aromatic carbocycles. The molecule has 1 aliphatic rings. The van der Waals surface area contributed by atoms with Crippen molar-refractivity contribution >= 4 is 11.4 Å². The molecule has 1 atom stereocenters. The van der Waals surface area contributed by atoms with Gasteiger partial charge in [-0.2, -0.15) is 0 Å². The summed E-state index contributed by atoms with van der Waals surface area (Å²) >= 11 is 0. The highest BCUT2D eigenvalue weighted by Crippen LogP contribution is 2.31. The van der Waals surface area contributed by atoms with Gasteiger partial charge in [0.1, 0.15) is 5.76 Å². The first-order valence-electron chi connectivity index (χ1n) is 6.94. The molecule has 0 aliphatic carbocycles. The first kappa shape index (κ1) is 12.0. The molecule has 3 nitrogen and oxygen atoms in total. The molecule has 0 radical (unpaired) electrons. The monoisotopic (exact) mass is 274 g/mol. The highest BCUT2D eigenvalue weighted by molar-refractivity contribution is 6.16. The molecular formula is C18H14N2O. The van der Waals surface area contributed by atoms with Gasteiger partial charge in [0.15, 0.2) is 6.17 Å². The van der Waals surface area contributed by atoms with Crippen molar-refractivity contribution in [3.63, 3.8) is 0 Å². The van der Waals surface area contributed by atoms with Crippen molar-refractivity contribution in [2.24, 2.45) is 4.99 Å². The van der Waals surface area contributed by atoms with Gasteiger partial charge in [0.25, 0.3) is 0 Å². The van der Waals surface area contributed by atoms with Gasteiger partial charge < -0.3 is 9.73 Å². The second-order valence-electron chi connectivity index (χ2n) is 4.95. The average Bonchev–Trinajstić information content (AvgIpc) is 3.09. The van der Waals surface area contributed by atoms with E-state index in [1.807, 2.05) is 42.5 Å². The largest absolute Gasteiger partial charge is 0.465 e. The Bertz CT molecular complexity index is 776. The van der Waals surface area contributed by atoms with Crippen molar-refractivity contribution < 1.29 is 4.42 Å². The van der Waals surface area contributed by atoms with Gasteiger partial charge in [-0.15, -0.1) is 0 Å². The van der Waals surface area contributed by atoms with Crippen LogP contribution in [0.4, 0.5) is 5.69 Å². The van der Waals surface area contributed by atoms with E-state index >= 15 is 0 Å². The molecule has 3 aromatic rings. The SMILES string of the molecule is c1ccc(C2=NC(c3ccco3)Nc3ccccc32)cc1. The summed E-state index contributed by atoms with van der Waals surface area (Å²) in [5, 5.41) is 3.42. The normalized spacial score (nSPS) is 16.8. The number of rotatable bonds is 2. The number of para-hydroxylation sites is 1. The zero-order chi connectivity index (χ0) is 14.1. The van der Waals surface area contributed by atoms with Crippen LogP contribution >= 0.6 is 0 Å². The predicted molar refractivity (Wildman–Crippen MR) is 83.6 cm³/mol. The number of fused-ring (bicyclic) bond motifs is 1. The fourth-order valence-corrected chi connectivity index (χ4v) is 2.60. The van der Waals surface area contributed by atoms with Gasteiger partial charge in [-0.1, -0.05) is 48.5 Å². The van der Waals surface area contributed by atoms with Crippen LogP contribution in [0, 0.1) is 0 Å². The minimum atomic E-state index is -0.190. The molecular weight excluding hydrogens is 260 g/mol. The third-order valence-electron chi connectivity index (χ3n) is 3.59. The Morgan fingerprint density at radius 2 is 1.67 bits per heavy atom. The lowest BCUT2D eigenvalue weighted by Crippen LogP contribution is -2.20. The van der Waals surface area contributed by atoms with Gasteiger partial charge >= 0.3 is 0 Å². The van der Waals surface area contributed by atoms with Crippen LogP contribution in [0.3, 0.4) is 0 Å². The van der Waals surface area contributed by atoms with Crippen molar-refractivity contribution in [3.8, 4) is 0 Å². The minimum absolute atomic E-state index is 0.190. The van der Waals surface area contributed by atoms with E-state index in [2.05, 4.69) is 29.6 Å². The van der Waals surface area contributed by atoms with Crippen LogP contribution in [0.25, 0.3) is 0 Å². The Morgan fingerprint density at radius 1 is 0.857 bits per heavy atom. The maximum Gasteiger partial charge on any atom is 0.178 e. The Labute approximate surface area is 123 Å². The van der Waals surface area contributed by atoms with Gasteiger partial charge in [0.05, 0.1) is 12.0 Å². The fourth-order valence-electron chi connectivity index (χ4n) is 2.60. The van der Waals surface area contributed by atoms with E-state index in [9.17, 15) is 0 Å². The lowest BCUT2D eigenvalue weighted by molar-refractivity contribution is 0.484. The van der Waals surface area contributed by atoms with Crippen molar-refractivity contribution in [3.05, 3.63) is 89.9 Å². The number of furan rings is 1. The van der Waals surface area contributed by atoms with Crippen LogP contribution in [-0.4, -0.2) is 5.71 Å². The Morgan fingerprint density at radius 3 is 2.48 bits per heavy atom. The molecule has 0 amide bonds. The summed E-state index contributed by atoms with van der Waals surface area (Å²) in [6.07, 6.45) is 1.49. The van der Waals surface area contributed by atoms with E-state index < -0.39 is 0 Å². The summed E-state index contributed by atoms with van der Waals surface area (Å²) in [5.41, 5.74) is 4.30. The van der Waals surface area contributed by atoms with Crippen LogP contribution in [-0.2, 0) is 0 Å². The van der Waals surface area contributed by atoms with E-state index in [0.29, 0.717) is 0 Å². The molecule has 0 spiro atoms. The predicted octanol–water partition coefficient (Wildman–Crippen LogP) is 4.24. The van der Waals surface area contributed by atoms with Crippen molar-refractivity contribution in [1.82, 2.24) is 0 Å². The summed E-state index contributed by atoms with van der Waals surface area (Å²) in [6.45, 7) is 0. The van der Waals surface area contributed by atoms with E-state index in [4.69, 9.17) is 9.41 Å². The summed E-state index contributed by atoms with van der Waals surface area (Å²) in [4.78, 5) is 4.85. The van der Waals surface area contributed by atoms with E-state index in [1.165, 1.54) is 0 Å². The molecule has 102 valence electrons. The highest BCUT2D eigenvalue weighted by atomic mass is 16.3. The van der Waals surface area contributed by atoms with Crippen LogP contribution in [0.1, 0.15) is 23.1 Å². The minimum Gasteiger partial charge on any atom is -0.465 e. The molecule has 21 heavy (non-hydrogen) atoms. The van der Waals surface area contributed by atoms with Crippen LogP contribution in [0.2, 0.25) is 0 Å². The third-order valence-corrected chi connectivity index (χ3v) is 3.59. The first-order valence-corrected chi connectivity index (χ1v) is 6.94. The molecule has 1 N–H and O–H groups in total. The average molecular weight is 274 g/mol. The molecule has 4 rings (SSSR count). The van der Waals surface area contributed by atoms with Gasteiger partial charge in [0, 0.05) is 16.8 Å². The standard InChI is InChI=1S/C18H14N2O/c1-2-7-13(8-3-1)17-14-9-4-5-10-15(14)19-18(20-17)16-11-6-12-21-16/h1-12,18-19H. The maximum atomic E-state index is 5.50. The van der Waals surface area contributed by atoms with Crippen LogP contribution in [0.15, 0.2) is 82.4 Å². The van der Waals surface area contributed by atoms with E-state index in [-0.39, 0.29) is 6.17 Å². The number of benzene rings is 2. The second-order valence-corrected chi connectivity index (χ2v) is 4.95. The Balaban J connectivity index is 1.87. The quantitative estimate of drug-likeness (QED) is 0.759. The summed E-state index contributed by atoms with van der Waals surface area (Å²) < 4.78 is 5.50. The van der Waals surface area contributed by atoms with Crippen molar-refractivity contribution in [2.75, 3.05) is 5.32 Å². The van der Waals surface area contributed by atoms with E-state index in [0.717, 1.165) is 28.3 Å². The van der Waals surface area contributed by atoms with Gasteiger partial charge in [-0.3, -0.25) is 4.99 Å². The molecule has 1 aromatic heterocycles. The number of anilines is 1. The van der Waals surface area contributed by atoms with Gasteiger partial charge in [0.2, 0.25) is 0 Å². The smallest absolute Gasteiger partial charge is 0.178 e. The zero-order valence-electron chi connectivity index (χ0n) is 11.4. The van der Waals surface area contributed by atoms with Gasteiger partial charge in [-0.05, 0) is 18.2 Å². The molecule has 0 saturated heterocycles.